The number of likely N-dealkylation sites (tertiary alicyclic amines) is 3. The molecule has 5 amide bonds. The van der Waals surface area contributed by atoms with Crippen molar-refractivity contribution in [3.05, 3.63) is 122 Å². The molecule has 0 saturated carbocycles. The quantitative estimate of drug-likeness (QED) is 0.0289. The molecule has 4 aromatic carbocycles. The van der Waals surface area contributed by atoms with Gasteiger partial charge in [-0.15, -0.1) is 0 Å². The topological polar surface area (TPSA) is 290 Å². The molecule has 0 radical (unpaired) electrons. The number of urea groups is 1. The van der Waals surface area contributed by atoms with E-state index in [-0.39, 0.29) is 122 Å². The van der Waals surface area contributed by atoms with Crippen LogP contribution in [0.1, 0.15) is 123 Å². The number of Topliss-reactive ketones (excluding diaryl/α,β-unsaturated/α-hetero) is 2. The van der Waals surface area contributed by atoms with Crippen molar-refractivity contribution in [2.75, 3.05) is 90.8 Å². The number of hydrogen-bond donors (Lipinski definition) is 5. The summed E-state index contributed by atoms with van der Waals surface area (Å²) in [6.07, 6.45) is 6.31. The molecule has 0 unspecified atom stereocenters. The maximum atomic E-state index is 13.6. The van der Waals surface area contributed by atoms with Crippen LogP contribution in [0.25, 0.3) is 4.85 Å². The summed E-state index contributed by atoms with van der Waals surface area (Å²) in [6, 6.07) is 20.8. The first-order chi connectivity index (χ1) is 45.2. The number of ether oxygens (including phenoxy) is 2. The number of amides is 5. The van der Waals surface area contributed by atoms with Gasteiger partial charge in [0.2, 0.25) is 27.7 Å². The fourth-order valence-electron chi connectivity index (χ4n) is 13.7. The van der Waals surface area contributed by atoms with Crippen LogP contribution in [0.5, 0.6) is 11.5 Å². The monoisotopic (exact) mass is 1370 g/mol. The summed E-state index contributed by atoms with van der Waals surface area (Å²) in [5, 5.41) is 21.9. The molecular weight excluding hydrogens is 1290 g/mol. The van der Waals surface area contributed by atoms with E-state index in [2.05, 4.69) is 46.7 Å². The maximum Gasteiger partial charge on any atom is 0.315 e. The van der Waals surface area contributed by atoms with Gasteiger partial charge in [0, 0.05) is 107 Å². The predicted molar refractivity (Wildman–Crippen MR) is 352 cm³/mol. The van der Waals surface area contributed by atoms with Gasteiger partial charge in [0.1, 0.15) is 29.5 Å². The molecule has 10 rings (SSSR count). The van der Waals surface area contributed by atoms with Crippen molar-refractivity contribution in [3.8, 4) is 17.6 Å². The second-order valence-corrected chi connectivity index (χ2v) is 29.8. The summed E-state index contributed by atoms with van der Waals surface area (Å²) < 4.78 is 70.1. The zero-order valence-corrected chi connectivity index (χ0v) is 55.7. The molecule has 4 aromatic rings. The number of sulfonamides is 1. The summed E-state index contributed by atoms with van der Waals surface area (Å²) >= 11 is 12.9. The summed E-state index contributed by atoms with van der Waals surface area (Å²) in [5.74, 6) is -1.07. The van der Waals surface area contributed by atoms with Gasteiger partial charge < -0.3 is 40.5 Å². The zero-order valence-electron chi connectivity index (χ0n) is 52.6. The van der Waals surface area contributed by atoms with E-state index in [9.17, 15) is 50.9 Å². The molecule has 6 atom stereocenters. The average molecular weight is 1370 g/mol. The number of unbranched alkanes of at least 4 members (excludes halogenated alkanes) is 2. The summed E-state index contributed by atoms with van der Waals surface area (Å²) in [5.41, 5.74) is 4.61. The highest BCUT2D eigenvalue weighted by Crippen LogP contribution is 2.45. The molecule has 4 saturated heterocycles. The van der Waals surface area contributed by atoms with Crippen LogP contribution in [0.15, 0.2) is 82.6 Å². The van der Waals surface area contributed by atoms with E-state index >= 15 is 0 Å². The van der Waals surface area contributed by atoms with Crippen LogP contribution in [-0.2, 0) is 56.7 Å². The standard InChI is InChI=1S/C67H81Cl2N11O12S2/c1-71-59-35-47(69)34-58-56(59)37-61(77-26-6-3-7-27-77)66(58)92-52-13-17-54(18-14-52)94(89,90)76-48-22-29-80(42-48)63(84)20-10-50(82)39-75-67(86)73-23-5-2-4-8-49(81)9-19-62(83)74-40-64(85)79-28-21-44(41-79)43-93(87,88)53-15-11-51(12-16-53)91-65-57-33-46(68)32-45(38-70)55(57)36-60(65)78-30-24-72-25-31-78/h11-18,32-35,44,48,60-61,65-66,72,76H,2-10,19-31,36-37,39-43H2,(H,74,83)(H2,73,75,86)/t44-,48-,60+,61+,65+,66+/m1/s1. The van der Waals surface area contributed by atoms with Crippen LogP contribution in [0, 0.1) is 23.8 Å². The van der Waals surface area contributed by atoms with Crippen LogP contribution in [-0.4, -0.2) is 181 Å². The summed E-state index contributed by atoms with van der Waals surface area (Å²) in [6.45, 7) is 13.7. The van der Waals surface area contributed by atoms with Crippen molar-refractivity contribution in [2.45, 2.75) is 136 Å². The Kier molecular flexibility index (Phi) is 23.7. The first-order valence-corrected chi connectivity index (χ1v) is 36.4. The lowest BCUT2D eigenvalue weighted by molar-refractivity contribution is -0.132. The number of piperidine rings is 1. The van der Waals surface area contributed by atoms with E-state index in [4.69, 9.17) is 39.2 Å². The van der Waals surface area contributed by atoms with E-state index in [1.807, 2.05) is 12.1 Å². The third-order valence-corrected chi connectivity index (χ3v) is 22.6. The molecule has 502 valence electrons. The zero-order chi connectivity index (χ0) is 66.5. The van der Waals surface area contributed by atoms with Gasteiger partial charge in [0.05, 0.1) is 58.9 Å². The number of piperazine rings is 1. The van der Waals surface area contributed by atoms with Crippen LogP contribution >= 0.6 is 23.2 Å². The largest absolute Gasteiger partial charge is 0.484 e. The number of nitrogens with one attached hydrogen (secondary N) is 5. The maximum absolute atomic E-state index is 13.6. The normalized spacial score (nSPS) is 21.4. The third kappa shape index (κ3) is 18.0. The van der Waals surface area contributed by atoms with Gasteiger partial charge in [-0.3, -0.25) is 33.8 Å². The number of sulfone groups is 1. The Hall–Kier alpha value is -7.20. The van der Waals surface area contributed by atoms with Crippen LogP contribution in [0.3, 0.4) is 0 Å². The minimum absolute atomic E-state index is 0.00357. The van der Waals surface area contributed by atoms with E-state index in [1.165, 1.54) is 35.6 Å². The second kappa shape index (κ2) is 32.0. The highest BCUT2D eigenvalue weighted by Gasteiger charge is 2.42. The van der Waals surface area contributed by atoms with Crippen LogP contribution in [0.2, 0.25) is 10.0 Å². The number of benzene rings is 4. The number of carbonyl (C=O) groups is 6. The molecule has 94 heavy (non-hydrogen) atoms. The molecule has 0 bridgehead atoms. The van der Waals surface area contributed by atoms with Gasteiger partial charge in [-0.1, -0.05) is 36.0 Å². The third-order valence-electron chi connectivity index (χ3n) is 18.7. The van der Waals surface area contributed by atoms with E-state index in [0.717, 1.165) is 74.4 Å². The second-order valence-electron chi connectivity index (χ2n) is 25.2. The Morgan fingerprint density at radius 2 is 1.26 bits per heavy atom. The Balaban J connectivity index is 0.549. The van der Waals surface area contributed by atoms with E-state index < -0.39 is 50.0 Å². The van der Waals surface area contributed by atoms with Crippen molar-refractivity contribution >= 4 is 84.1 Å². The predicted octanol–water partition coefficient (Wildman–Crippen LogP) is 6.77. The van der Waals surface area contributed by atoms with Crippen molar-refractivity contribution in [1.82, 2.24) is 45.6 Å². The fraction of sp³-hybridized carbons (Fsp3) is 0.522. The van der Waals surface area contributed by atoms with Gasteiger partial charge in [-0.25, -0.2) is 31.2 Å². The molecule has 0 spiro atoms. The van der Waals surface area contributed by atoms with Crippen molar-refractivity contribution in [2.24, 2.45) is 5.92 Å². The Morgan fingerprint density at radius 1 is 0.638 bits per heavy atom. The molecule has 2 aliphatic carbocycles. The molecule has 0 aromatic heterocycles. The van der Waals surface area contributed by atoms with Crippen LogP contribution in [0.4, 0.5) is 10.5 Å². The lowest BCUT2D eigenvalue weighted by atomic mass is 10.0. The minimum atomic E-state index is -3.97. The highest BCUT2D eigenvalue weighted by molar-refractivity contribution is 7.91. The molecule has 4 fully saturated rings. The molecular formula is C67H81Cl2N11O12S2. The molecule has 5 N–H and O–H groups in total. The molecule has 23 nitrogen and oxygen atoms in total. The molecule has 27 heteroatoms. The molecule has 6 aliphatic rings. The first-order valence-electron chi connectivity index (χ1n) is 32.5. The van der Waals surface area contributed by atoms with E-state index in [0.29, 0.717) is 90.8 Å². The van der Waals surface area contributed by atoms with Crippen LogP contribution < -0.4 is 35.5 Å². The summed E-state index contributed by atoms with van der Waals surface area (Å²) in [4.78, 5) is 88.1. The lowest BCUT2D eigenvalue weighted by Crippen LogP contribution is -2.50. The van der Waals surface area contributed by atoms with Crippen molar-refractivity contribution in [1.29, 1.82) is 5.26 Å². The first kappa shape index (κ1) is 69.6. The van der Waals surface area contributed by atoms with Gasteiger partial charge in [-0.05, 0) is 165 Å². The number of hydrogen-bond acceptors (Lipinski definition) is 16. The molecule has 4 heterocycles. The van der Waals surface area contributed by atoms with Gasteiger partial charge in [0.25, 0.3) is 0 Å². The fourth-order valence-corrected chi connectivity index (χ4v) is 17.0. The number of ketones is 2. The number of rotatable bonds is 28. The highest BCUT2D eigenvalue weighted by atomic mass is 35.5. The number of fused-ring (bicyclic) bond motifs is 2. The number of nitrogens with zero attached hydrogens (tertiary/aromatic N) is 6. The number of halogens is 2. The Bertz CT molecular complexity index is 3520. The summed E-state index contributed by atoms with van der Waals surface area (Å²) in [7, 11) is -7.70. The van der Waals surface area contributed by atoms with Gasteiger partial charge >= 0.3 is 6.03 Å². The molecule has 4 aliphatic heterocycles. The van der Waals surface area contributed by atoms with Gasteiger partial charge in [0.15, 0.2) is 21.3 Å². The average Bonchev–Trinajstić information content (AvgIpc) is 1.62. The van der Waals surface area contributed by atoms with Crippen molar-refractivity contribution in [3.63, 3.8) is 0 Å². The van der Waals surface area contributed by atoms with Crippen molar-refractivity contribution < 1.29 is 55.1 Å². The van der Waals surface area contributed by atoms with Gasteiger partial charge in [-0.2, -0.15) is 5.26 Å². The van der Waals surface area contributed by atoms with E-state index in [1.54, 1.807) is 41.3 Å². The Morgan fingerprint density at radius 3 is 1.94 bits per heavy atom. The smallest absolute Gasteiger partial charge is 0.315 e. The SMILES string of the molecule is [C-]#[N+]c1cc(Cl)cc2c1C[C@H](N1CCCCC1)[C@H]2Oc1ccc(S(=O)(=O)N[C@@H]2CCN(C(=O)CCC(=O)CNC(=O)NCCCCCC(=O)CCC(=O)NCC(=O)N3CC[C@@H](CS(=O)(=O)c4ccc(O[C@H]5c6cc(Cl)cc(C#N)c6C[C@@H]5N5CCNCC5)cc4)C3)C2)cc1. The lowest BCUT2D eigenvalue weighted by Gasteiger charge is -2.36. The minimum Gasteiger partial charge on any atom is -0.484 e. The number of carbonyl (C=O) groups excluding carboxylic acids is 6. The number of nitriles is 1. The Labute approximate surface area is 559 Å².